The second-order valence-corrected chi connectivity index (χ2v) is 3.31. The number of terminal acetylenes is 1. The highest BCUT2D eigenvalue weighted by Crippen LogP contribution is 2.07. The fourth-order valence-electron chi connectivity index (χ4n) is 0.967. The van der Waals surface area contributed by atoms with Gasteiger partial charge in [-0.25, -0.2) is 0 Å². The third-order valence-electron chi connectivity index (χ3n) is 2.25. The van der Waals surface area contributed by atoms with Crippen LogP contribution in [-0.4, -0.2) is 30.4 Å². The van der Waals surface area contributed by atoms with Crippen LogP contribution < -0.4 is 5.73 Å². The lowest BCUT2D eigenvalue weighted by Gasteiger charge is -2.22. The highest BCUT2D eigenvalue weighted by atomic mass is 16.2. The Labute approximate surface area is 80.3 Å². The molecule has 0 saturated heterocycles. The molecule has 0 rings (SSSR count). The lowest BCUT2D eigenvalue weighted by molar-refractivity contribution is -0.131. The Morgan fingerprint density at radius 3 is 2.62 bits per heavy atom. The van der Waals surface area contributed by atoms with Crippen molar-refractivity contribution < 1.29 is 4.79 Å². The third kappa shape index (κ3) is 3.47. The van der Waals surface area contributed by atoms with Crippen LogP contribution in [0.1, 0.15) is 20.3 Å². The molecule has 0 bridgehead atoms. The second-order valence-electron chi connectivity index (χ2n) is 3.31. The maximum Gasteiger partial charge on any atom is 0.240 e. The monoisotopic (exact) mass is 182 g/mol. The summed E-state index contributed by atoms with van der Waals surface area (Å²) in [6, 6.07) is -0.427. The fourth-order valence-corrected chi connectivity index (χ4v) is 0.967. The van der Waals surface area contributed by atoms with Gasteiger partial charge in [-0.1, -0.05) is 26.2 Å². The Balaban J connectivity index is 4.18. The first-order valence-electron chi connectivity index (χ1n) is 4.48. The van der Waals surface area contributed by atoms with Gasteiger partial charge in [0.25, 0.3) is 0 Å². The van der Waals surface area contributed by atoms with Crippen molar-refractivity contribution in [3.63, 3.8) is 0 Å². The van der Waals surface area contributed by atoms with Crippen LogP contribution in [0, 0.1) is 18.3 Å². The van der Waals surface area contributed by atoms with Crippen molar-refractivity contribution in [1.29, 1.82) is 0 Å². The average molecular weight is 182 g/mol. The second kappa shape index (κ2) is 5.60. The molecule has 0 fully saturated rings. The van der Waals surface area contributed by atoms with Crippen molar-refractivity contribution in [2.24, 2.45) is 11.7 Å². The molecule has 3 nitrogen and oxygen atoms in total. The third-order valence-corrected chi connectivity index (χ3v) is 2.25. The number of nitrogens with zero attached hydrogens (tertiary/aromatic N) is 1. The summed E-state index contributed by atoms with van der Waals surface area (Å²) >= 11 is 0. The summed E-state index contributed by atoms with van der Waals surface area (Å²) in [5.41, 5.74) is 5.74. The van der Waals surface area contributed by atoms with E-state index >= 15 is 0 Å². The first kappa shape index (κ1) is 12.0. The molecule has 1 unspecified atom stereocenters. The predicted molar refractivity (Wildman–Crippen MR) is 53.9 cm³/mol. The van der Waals surface area contributed by atoms with Crippen LogP contribution in [0.3, 0.4) is 0 Å². The van der Waals surface area contributed by atoms with E-state index in [1.165, 1.54) is 4.90 Å². The van der Waals surface area contributed by atoms with Crippen molar-refractivity contribution in [3.8, 4) is 12.3 Å². The molecule has 0 aliphatic rings. The quantitative estimate of drug-likeness (QED) is 0.642. The Kier molecular flexibility index (Phi) is 5.17. The van der Waals surface area contributed by atoms with E-state index in [4.69, 9.17) is 12.2 Å². The number of carbonyl (C=O) groups is 1. The van der Waals surface area contributed by atoms with E-state index in [0.717, 1.165) is 6.42 Å². The number of hydrogen-bond acceptors (Lipinski definition) is 2. The van der Waals surface area contributed by atoms with Gasteiger partial charge in [-0.2, -0.15) is 0 Å². The van der Waals surface area contributed by atoms with Crippen molar-refractivity contribution >= 4 is 5.91 Å². The summed E-state index contributed by atoms with van der Waals surface area (Å²) < 4.78 is 0. The molecule has 0 aromatic rings. The lowest BCUT2D eigenvalue weighted by Crippen LogP contribution is -2.45. The molecule has 74 valence electrons. The maximum atomic E-state index is 11.5. The van der Waals surface area contributed by atoms with E-state index in [-0.39, 0.29) is 11.8 Å². The summed E-state index contributed by atoms with van der Waals surface area (Å²) in [5.74, 6) is 2.53. The molecule has 2 N–H and O–H groups in total. The van der Waals surface area contributed by atoms with Gasteiger partial charge in [-0.3, -0.25) is 4.79 Å². The molecule has 3 heteroatoms. The number of likely N-dealkylation sites (N-methyl/N-ethyl adjacent to an activating group) is 1. The molecule has 0 spiro atoms. The Bertz CT molecular complexity index is 207. The molecule has 0 saturated carbocycles. The number of rotatable bonds is 4. The van der Waals surface area contributed by atoms with E-state index in [1.807, 2.05) is 13.8 Å². The van der Waals surface area contributed by atoms with E-state index in [1.54, 1.807) is 7.05 Å². The van der Waals surface area contributed by atoms with Crippen LogP contribution in [0.4, 0.5) is 0 Å². The molecule has 0 heterocycles. The van der Waals surface area contributed by atoms with Gasteiger partial charge in [0.05, 0.1) is 12.6 Å². The number of carbonyl (C=O) groups excluding carboxylic acids is 1. The van der Waals surface area contributed by atoms with Gasteiger partial charge in [-0.15, -0.1) is 6.42 Å². The Hall–Kier alpha value is -1.01. The molecular formula is C10H18N2O. The molecule has 0 aromatic carbocycles. The molecule has 0 radical (unpaired) electrons. The maximum absolute atomic E-state index is 11.5. The van der Waals surface area contributed by atoms with Gasteiger partial charge >= 0.3 is 0 Å². The topological polar surface area (TPSA) is 46.3 Å². The largest absolute Gasteiger partial charge is 0.333 e. The smallest absolute Gasteiger partial charge is 0.240 e. The zero-order chi connectivity index (χ0) is 10.4. The fraction of sp³-hybridized carbons (Fsp3) is 0.700. The molecule has 2 atom stereocenters. The normalized spacial score (nSPS) is 14.4. The van der Waals surface area contributed by atoms with Crippen LogP contribution in [0.5, 0.6) is 0 Å². The minimum absolute atomic E-state index is 0.0766. The van der Waals surface area contributed by atoms with E-state index in [0.29, 0.717) is 6.54 Å². The molecule has 0 aliphatic carbocycles. The van der Waals surface area contributed by atoms with Gasteiger partial charge in [0, 0.05) is 7.05 Å². The first-order valence-corrected chi connectivity index (χ1v) is 4.48. The van der Waals surface area contributed by atoms with E-state index < -0.39 is 6.04 Å². The molecular weight excluding hydrogens is 164 g/mol. The SMILES string of the molecule is C#CCN(C)C(=O)[C@@H](N)C(C)CC. The van der Waals surface area contributed by atoms with Crippen LogP contribution >= 0.6 is 0 Å². The minimum atomic E-state index is -0.427. The highest BCUT2D eigenvalue weighted by Gasteiger charge is 2.21. The van der Waals surface area contributed by atoms with Gasteiger partial charge in [0.1, 0.15) is 0 Å². The summed E-state index contributed by atoms with van der Waals surface area (Å²) in [6.45, 7) is 4.30. The minimum Gasteiger partial charge on any atom is -0.333 e. The summed E-state index contributed by atoms with van der Waals surface area (Å²) in [7, 11) is 1.67. The van der Waals surface area contributed by atoms with Crippen LogP contribution in [0.15, 0.2) is 0 Å². The van der Waals surface area contributed by atoms with Gasteiger partial charge in [0.2, 0.25) is 5.91 Å². The van der Waals surface area contributed by atoms with Gasteiger partial charge < -0.3 is 10.6 Å². The Morgan fingerprint density at radius 2 is 2.23 bits per heavy atom. The van der Waals surface area contributed by atoms with Crippen LogP contribution in [0.2, 0.25) is 0 Å². The van der Waals surface area contributed by atoms with Crippen molar-refractivity contribution in [2.45, 2.75) is 26.3 Å². The summed E-state index contributed by atoms with van der Waals surface area (Å²) in [6.07, 6.45) is 5.99. The number of nitrogens with two attached hydrogens (primary N) is 1. The molecule has 1 amide bonds. The Morgan fingerprint density at radius 1 is 1.69 bits per heavy atom. The van der Waals surface area contributed by atoms with Gasteiger partial charge in [0.15, 0.2) is 0 Å². The molecule has 0 aliphatic heterocycles. The lowest BCUT2D eigenvalue weighted by atomic mass is 9.99. The van der Waals surface area contributed by atoms with Crippen molar-refractivity contribution in [2.75, 3.05) is 13.6 Å². The average Bonchev–Trinajstić information content (AvgIpc) is 2.14. The highest BCUT2D eigenvalue weighted by molar-refractivity contribution is 5.81. The van der Waals surface area contributed by atoms with Gasteiger partial charge in [-0.05, 0) is 5.92 Å². The van der Waals surface area contributed by atoms with E-state index in [9.17, 15) is 4.79 Å². The first-order chi connectivity index (χ1) is 6.04. The number of hydrogen-bond donors (Lipinski definition) is 1. The standard InChI is InChI=1S/C10H18N2O/c1-5-7-12(4)10(13)9(11)8(3)6-2/h1,8-9H,6-7,11H2,2-4H3/t8?,9-/m0/s1. The molecule has 0 aromatic heterocycles. The van der Waals surface area contributed by atoms with Crippen molar-refractivity contribution in [3.05, 3.63) is 0 Å². The zero-order valence-electron chi connectivity index (χ0n) is 8.58. The zero-order valence-corrected chi connectivity index (χ0v) is 8.58. The van der Waals surface area contributed by atoms with Crippen molar-refractivity contribution in [1.82, 2.24) is 4.90 Å². The van der Waals surface area contributed by atoms with Crippen LogP contribution in [0.25, 0.3) is 0 Å². The summed E-state index contributed by atoms with van der Waals surface area (Å²) in [4.78, 5) is 13.0. The van der Waals surface area contributed by atoms with Crippen LogP contribution in [-0.2, 0) is 4.79 Å². The predicted octanol–water partition coefficient (Wildman–Crippen LogP) is 0.451. The number of amides is 1. The van der Waals surface area contributed by atoms with E-state index in [2.05, 4.69) is 5.92 Å². The summed E-state index contributed by atoms with van der Waals surface area (Å²) in [5, 5.41) is 0. The molecule has 13 heavy (non-hydrogen) atoms.